The molecule has 1 N–H and O–H groups in total. The van der Waals surface area contributed by atoms with Crippen LogP contribution < -0.4 is 0 Å². The van der Waals surface area contributed by atoms with Crippen molar-refractivity contribution in [3.05, 3.63) is 29.6 Å². The Morgan fingerprint density at radius 3 is 2.94 bits per heavy atom. The van der Waals surface area contributed by atoms with Crippen LogP contribution in [-0.4, -0.2) is 9.97 Å². The minimum absolute atomic E-state index is 0.306. The third-order valence-electron chi connectivity index (χ3n) is 4.24. The molecule has 1 aromatic carbocycles. The van der Waals surface area contributed by atoms with Crippen molar-refractivity contribution in [1.29, 1.82) is 5.26 Å². The van der Waals surface area contributed by atoms with Crippen molar-refractivity contribution in [2.24, 2.45) is 5.41 Å². The molecule has 3 heteroatoms. The van der Waals surface area contributed by atoms with E-state index in [2.05, 4.69) is 29.9 Å². The van der Waals surface area contributed by atoms with Gasteiger partial charge in [-0.25, -0.2) is 4.98 Å². The van der Waals surface area contributed by atoms with Gasteiger partial charge in [0.25, 0.3) is 0 Å². The molecule has 18 heavy (non-hydrogen) atoms. The highest BCUT2D eigenvalue weighted by molar-refractivity contribution is 5.81. The van der Waals surface area contributed by atoms with Crippen LogP contribution in [0.3, 0.4) is 0 Å². The quantitative estimate of drug-likeness (QED) is 0.824. The monoisotopic (exact) mass is 239 g/mol. The zero-order valence-corrected chi connectivity index (χ0v) is 10.8. The Labute approximate surface area is 107 Å². The SMILES string of the molecule is CC1(C)CCCC1c1nc2c(C#N)cccc2[nH]1. The van der Waals surface area contributed by atoms with Crippen LogP contribution in [0.15, 0.2) is 18.2 Å². The van der Waals surface area contributed by atoms with Gasteiger partial charge in [0, 0.05) is 5.92 Å². The first-order chi connectivity index (χ1) is 8.62. The number of hydrogen-bond acceptors (Lipinski definition) is 2. The zero-order chi connectivity index (χ0) is 12.8. The number of rotatable bonds is 1. The maximum atomic E-state index is 9.11. The molecule has 1 aromatic heterocycles. The summed E-state index contributed by atoms with van der Waals surface area (Å²) in [5, 5.41) is 9.11. The first kappa shape index (κ1) is 11.3. The number of nitriles is 1. The number of aromatic amines is 1. The normalized spacial score (nSPS) is 22.2. The van der Waals surface area contributed by atoms with Crippen LogP contribution in [0, 0.1) is 16.7 Å². The molecule has 0 saturated heterocycles. The lowest BCUT2D eigenvalue weighted by Crippen LogP contribution is -2.16. The summed E-state index contributed by atoms with van der Waals surface area (Å²) in [7, 11) is 0. The molecule has 1 unspecified atom stereocenters. The minimum atomic E-state index is 0.306. The molecule has 3 rings (SSSR count). The molecule has 1 saturated carbocycles. The van der Waals surface area contributed by atoms with Crippen molar-refractivity contribution >= 4 is 11.0 Å². The zero-order valence-electron chi connectivity index (χ0n) is 10.8. The van der Waals surface area contributed by atoms with Crippen molar-refractivity contribution in [3.8, 4) is 6.07 Å². The number of nitrogens with zero attached hydrogens (tertiary/aromatic N) is 2. The molecule has 0 bridgehead atoms. The van der Waals surface area contributed by atoms with Crippen molar-refractivity contribution in [2.45, 2.75) is 39.0 Å². The molecular formula is C15H17N3. The van der Waals surface area contributed by atoms with Gasteiger partial charge >= 0.3 is 0 Å². The number of fused-ring (bicyclic) bond motifs is 1. The molecular weight excluding hydrogens is 222 g/mol. The predicted octanol–water partition coefficient (Wildman–Crippen LogP) is 3.73. The molecule has 2 aromatic rings. The van der Waals surface area contributed by atoms with Gasteiger partial charge in [0.2, 0.25) is 0 Å². The van der Waals surface area contributed by atoms with Gasteiger partial charge in [-0.1, -0.05) is 26.3 Å². The fourth-order valence-corrected chi connectivity index (χ4v) is 3.14. The number of para-hydroxylation sites is 1. The largest absolute Gasteiger partial charge is 0.342 e. The van der Waals surface area contributed by atoms with Gasteiger partial charge in [-0.05, 0) is 30.4 Å². The van der Waals surface area contributed by atoms with E-state index in [1.165, 1.54) is 19.3 Å². The summed E-state index contributed by atoms with van der Waals surface area (Å²) in [6.07, 6.45) is 3.70. The van der Waals surface area contributed by atoms with Crippen LogP contribution in [0.5, 0.6) is 0 Å². The lowest BCUT2D eigenvalue weighted by atomic mass is 9.81. The number of hydrogen-bond donors (Lipinski definition) is 1. The molecule has 0 spiro atoms. The highest BCUT2D eigenvalue weighted by atomic mass is 14.9. The molecule has 1 aliphatic carbocycles. The van der Waals surface area contributed by atoms with Crippen molar-refractivity contribution in [1.82, 2.24) is 9.97 Å². The Bertz CT molecular complexity index is 631. The Morgan fingerprint density at radius 1 is 1.44 bits per heavy atom. The predicted molar refractivity (Wildman–Crippen MR) is 71.2 cm³/mol. The van der Waals surface area contributed by atoms with Crippen LogP contribution in [0.2, 0.25) is 0 Å². The summed E-state index contributed by atoms with van der Waals surface area (Å²) < 4.78 is 0. The number of nitrogens with one attached hydrogen (secondary N) is 1. The van der Waals surface area contributed by atoms with Gasteiger partial charge in [0.05, 0.1) is 11.1 Å². The average Bonchev–Trinajstić information content (AvgIpc) is 2.90. The summed E-state index contributed by atoms with van der Waals surface area (Å²) in [6, 6.07) is 7.94. The van der Waals surface area contributed by atoms with Crippen LogP contribution in [0.1, 0.15) is 50.4 Å². The average molecular weight is 239 g/mol. The van der Waals surface area contributed by atoms with Gasteiger partial charge in [-0.2, -0.15) is 5.26 Å². The van der Waals surface area contributed by atoms with Gasteiger partial charge in [-0.3, -0.25) is 0 Å². The number of imidazole rings is 1. The summed E-state index contributed by atoms with van der Waals surface area (Å²) in [6.45, 7) is 4.62. The number of benzene rings is 1. The van der Waals surface area contributed by atoms with Crippen molar-refractivity contribution in [3.63, 3.8) is 0 Å². The molecule has 1 fully saturated rings. The summed E-state index contributed by atoms with van der Waals surface area (Å²) in [5.41, 5.74) is 2.76. The second-order valence-electron chi connectivity index (χ2n) is 5.87. The van der Waals surface area contributed by atoms with Gasteiger partial charge in [0.1, 0.15) is 17.4 Å². The van der Waals surface area contributed by atoms with Gasteiger partial charge in [-0.15, -0.1) is 0 Å². The Balaban J connectivity index is 2.12. The van der Waals surface area contributed by atoms with E-state index in [9.17, 15) is 0 Å². The fourth-order valence-electron chi connectivity index (χ4n) is 3.14. The van der Waals surface area contributed by atoms with E-state index in [1.54, 1.807) is 0 Å². The van der Waals surface area contributed by atoms with Crippen LogP contribution in [0.25, 0.3) is 11.0 Å². The van der Waals surface area contributed by atoms with Gasteiger partial charge < -0.3 is 4.98 Å². The van der Waals surface area contributed by atoms with E-state index in [1.807, 2.05) is 18.2 Å². The maximum absolute atomic E-state index is 9.11. The van der Waals surface area contributed by atoms with E-state index in [0.717, 1.165) is 16.9 Å². The molecule has 0 radical (unpaired) electrons. The Morgan fingerprint density at radius 2 is 2.28 bits per heavy atom. The smallest absolute Gasteiger partial charge is 0.110 e. The van der Waals surface area contributed by atoms with Crippen molar-refractivity contribution in [2.75, 3.05) is 0 Å². The molecule has 1 aliphatic rings. The van der Waals surface area contributed by atoms with Crippen LogP contribution >= 0.6 is 0 Å². The molecule has 0 amide bonds. The topological polar surface area (TPSA) is 52.5 Å². The summed E-state index contributed by atoms with van der Waals surface area (Å²) in [4.78, 5) is 8.09. The van der Waals surface area contributed by atoms with E-state index < -0.39 is 0 Å². The number of H-pyrrole nitrogens is 1. The van der Waals surface area contributed by atoms with E-state index in [0.29, 0.717) is 16.9 Å². The van der Waals surface area contributed by atoms with Crippen LogP contribution in [-0.2, 0) is 0 Å². The van der Waals surface area contributed by atoms with Crippen LogP contribution in [0.4, 0.5) is 0 Å². The third-order valence-corrected chi connectivity index (χ3v) is 4.24. The fraction of sp³-hybridized carbons (Fsp3) is 0.467. The standard InChI is InChI=1S/C15H17N3/c1-15(2)8-4-6-11(15)14-17-12-7-3-5-10(9-16)13(12)18-14/h3,5,7,11H,4,6,8H2,1-2H3,(H,17,18). The van der Waals surface area contributed by atoms with Gasteiger partial charge in [0.15, 0.2) is 0 Å². The van der Waals surface area contributed by atoms with E-state index in [4.69, 9.17) is 5.26 Å². The molecule has 3 nitrogen and oxygen atoms in total. The van der Waals surface area contributed by atoms with E-state index >= 15 is 0 Å². The Hall–Kier alpha value is -1.82. The highest BCUT2D eigenvalue weighted by Crippen LogP contribution is 2.48. The first-order valence-corrected chi connectivity index (χ1v) is 6.50. The summed E-state index contributed by atoms with van der Waals surface area (Å²) in [5.74, 6) is 1.53. The van der Waals surface area contributed by atoms with E-state index in [-0.39, 0.29) is 0 Å². The summed E-state index contributed by atoms with van der Waals surface area (Å²) >= 11 is 0. The highest BCUT2D eigenvalue weighted by Gasteiger charge is 2.37. The molecule has 0 aliphatic heterocycles. The van der Waals surface area contributed by atoms with Crippen molar-refractivity contribution < 1.29 is 0 Å². The second kappa shape index (κ2) is 3.84. The lowest BCUT2D eigenvalue weighted by molar-refractivity contribution is 0.324. The maximum Gasteiger partial charge on any atom is 0.110 e. The number of aromatic nitrogens is 2. The Kier molecular flexibility index (Phi) is 2.41. The first-order valence-electron chi connectivity index (χ1n) is 6.50. The lowest BCUT2D eigenvalue weighted by Gasteiger charge is -2.24. The molecule has 1 heterocycles. The molecule has 92 valence electrons. The molecule has 1 atom stereocenters. The second-order valence-corrected chi connectivity index (χ2v) is 5.87. The third kappa shape index (κ3) is 1.60. The minimum Gasteiger partial charge on any atom is -0.342 e.